The van der Waals surface area contributed by atoms with Gasteiger partial charge in [-0.05, 0) is 52.7 Å². The van der Waals surface area contributed by atoms with Gasteiger partial charge in [-0.25, -0.2) is 21.1 Å². The van der Waals surface area contributed by atoms with Crippen molar-refractivity contribution in [1.29, 1.82) is 0 Å². The first-order chi connectivity index (χ1) is 12.4. The third-order valence-electron chi connectivity index (χ3n) is 3.70. The first-order valence-electron chi connectivity index (χ1n) is 7.49. The van der Waals surface area contributed by atoms with Crippen LogP contribution in [0.25, 0.3) is 0 Å². The zero-order chi connectivity index (χ0) is 20.6. The summed E-state index contributed by atoms with van der Waals surface area (Å²) < 4.78 is 59.5. The van der Waals surface area contributed by atoms with Gasteiger partial charge in [-0.2, -0.15) is 0 Å². The Morgan fingerprint density at radius 2 is 1.74 bits per heavy atom. The summed E-state index contributed by atoms with van der Waals surface area (Å²) in [6.45, 7) is 1.66. The molecule has 11 heteroatoms. The predicted molar refractivity (Wildman–Crippen MR) is 109 cm³/mol. The van der Waals surface area contributed by atoms with E-state index in [1.807, 2.05) is 0 Å². The van der Waals surface area contributed by atoms with Gasteiger partial charge in [0.05, 0.1) is 22.2 Å². The van der Waals surface area contributed by atoms with Gasteiger partial charge in [0.25, 0.3) is 10.0 Å². The lowest BCUT2D eigenvalue weighted by Crippen LogP contribution is -2.22. The van der Waals surface area contributed by atoms with Crippen LogP contribution < -0.4 is 9.46 Å². The van der Waals surface area contributed by atoms with Gasteiger partial charge < -0.3 is 4.74 Å². The van der Waals surface area contributed by atoms with E-state index in [4.69, 9.17) is 16.3 Å². The molecule has 0 unspecified atom stereocenters. The molecule has 1 N–H and O–H groups in total. The maximum Gasteiger partial charge on any atom is 0.265 e. The third-order valence-corrected chi connectivity index (χ3v) is 7.69. The van der Waals surface area contributed by atoms with Gasteiger partial charge in [0.1, 0.15) is 4.90 Å². The number of halogens is 2. The largest absolute Gasteiger partial charge is 0.494 e. The van der Waals surface area contributed by atoms with Gasteiger partial charge >= 0.3 is 0 Å². The summed E-state index contributed by atoms with van der Waals surface area (Å²) in [5.74, 6) is 0.0848. The van der Waals surface area contributed by atoms with Crippen molar-refractivity contribution in [3.8, 4) is 5.75 Å². The van der Waals surface area contributed by atoms with Crippen LogP contribution >= 0.6 is 27.5 Å². The standard InChI is InChI=1S/C16H18BrClN2O5S2/c1-10-5-6-12(27(23,24)20(2)3)9-14(10)19-26(21,22)15-8-11(18)7-13(17)16(15)25-4/h5-9,19H,1-4H3. The van der Waals surface area contributed by atoms with Crippen LogP contribution in [0, 0.1) is 6.92 Å². The van der Waals surface area contributed by atoms with E-state index >= 15 is 0 Å². The van der Waals surface area contributed by atoms with Crippen LogP contribution in [0.3, 0.4) is 0 Å². The fourth-order valence-corrected chi connectivity index (χ4v) is 5.65. The van der Waals surface area contributed by atoms with E-state index in [1.54, 1.807) is 6.92 Å². The maximum atomic E-state index is 12.9. The smallest absolute Gasteiger partial charge is 0.265 e. The maximum absolute atomic E-state index is 12.9. The second kappa shape index (κ2) is 7.96. The molecule has 0 radical (unpaired) electrons. The molecule has 0 fully saturated rings. The Hall–Kier alpha value is -1.33. The van der Waals surface area contributed by atoms with Gasteiger partial charge in [-0.1, -0.05) is 17.7 Å². The molecule has 0 amide bonds. The average Bonchev–Trinajstić information content (AvgIpc) is 2.55. The number of aryl methyl sites for hydroxylation is 1. The molecular weight excluding hydrogens is 480 g/mol. The lowest BCUT2D eigenvalue weighted by Gasteiger charge is -2.16. The fourth-order valence-electron chi connectivity index (χ4n) is 2.22. The molecule has 2 aromatic rings. The number of benzene rings is 2. The molecule has 0 aliphatic rings. The Kier molecular flexibility index (Phi) is 6.48. The van der Waals surface area contributed by atoms with Gasteiger partial charge in [-0.3, -0.25) is 4.72 Å². The minimum absolute atomic E-state index is 0.0324. The van der Waals surface area contributed by atoms with Crippen molar-refractivity contribution >= 4 is 53.3 Å². The van der Waals surface area contributed by atoms with Crippen molar-refractivity contribution < 1.29 is 21.6 Å². The highest BCUT2D eigenvalue weighted by molar-refractivity contribution is 9.10. The first kappa shape index (κ1) is 22.0. The van der Waals surface area contributed by atoms with Crippen LogP contribution in [0.2, 0.25) is 5.02 Å². The van der Waals surface area contributed by atoms with E-state index in [9.17, 15) is 16.8 Å². The number of hydrogen-bond acceptors (Lipinski definition) is 5. The molecule has 0 aliphatic carbocycles. The van der Waals surface area contributed by atoms with Crippen molar-refractivity contribution in [3.05, 3.63) is 45.4 Å². The minimum atomic E-state index is -4.10. The van der Waals surface area contributed by atoms with Crippen LogP contribution in [0.1, 0.15) is 5.56 Å². The number of nitrogens with one attached hydrogen (secondary N) is 1. The zero-order valence-electron chi connectivity index (χ0n) is 14.9. The summed E-state index contributed by atoms with van der Waals surface area (Å²) in [7, 11) is -3.69. The molecular formula is C16H18BrClN2O5S2. The lowest BCUT2D eigenvalue weighted by atomic mass is 10.2. The van der Waals surface area contributed by atoms with E-state index in [-0.39, 0.29) is 26.3 Å². The Bertz CT molecular complexity index is 1090. The van der Waals surface area contributed by atoms with E-state index in [2.05, 4.69) is 20.7 Å². The van der Waals surface area contributed by atoms with Crippen LogP contribution in [0.15, 0.2) is 44.6 Å². The Labute approximate surface area is 172 Å². The molecule has 2 aromatic carbocycles. The highest BCUT2D eigenvalue weighted by Crippen LogP contribution is 2.36. The number of ether oxygens (including phenoxy) is 1. The topological polar surface area (TPSA) is 92.8 Å². The van der Waals surface area contributed by atoms with Gasteiger partial charge in [-0.15, -0.1) is 0 Å². The summed E-state index contributed by atoms with van der Waals surface area (Å²) in [5, 5.41) is 0.198. The van der Waals surface area contributed by atoms with Gasteiger partial charge in [0, 0.05) is 19.1 Å². The van der Waals surface area contributed by atoms with Crippen molar-refractivity contribution in [2.75, 3.05) is 25.9 Å². The Morgan fingerprint density at radius 3 is 2.30 bits per heavy atom. The summed E-state index contributed by atoms with van der Waals surface area (Å²) in [6, 6.07) is 6.98. The monoisotopic (exact) mass is 496 g/mol. The number of sulfonamides is 2. The highest BCUT2D eigenvalue weighted by atomic mass is 79.9. The summed E-state index contributed by atoms with van der Waals surface area (Å²) in [5.41, 5.74) is 0.687. The summed E-state index contributed by atoms with van der Waals surface area (Å²) in [4.78, 5) is -0.209. The number of methoxy groups -OCH3 is 1. The quantitative estimate of drug-likeness (QED) is 0.660. The molecule has 0 aromatic heterocycles. The number of rotatable bonds is 6. The molecule has 0 heterocycles. The van der Waals surface area contributed by atoms with E-state index < -0.39 is 20.0 Å². The molecule has 0 atom stereocenters. The molecule has 2 rings (SSSR count). The SMILES string of the molecule is COc1c(Br)cc(Cl)cc1S(=O)(=O)Nc1cc(S(=O)(=O)N(C)C)ccc1C. The van der Waals surface area contributed by atoms with Crippen molar-refractivity contribution in [2.24, 2.45) is 0 Å². The van der Waals surface area contributed by atoms with E-state index in [1.165, 1.54) is 51.5 Å². The average molecular weight is 498 g/mol. The number of hydrogen-bond donors (Lipinski definition) is 1. The van der Waals surface area contributed by atoms with E-state index in [0.29, 0.717) is 10.0 Å². The van der Waals surface area contributed by atoms with Gasteiger partial charge in [0.2, 0.25) is 10.0 Å². The predicted octanol–water partition coefficient (Wildman–Crippen LogP) is 3.47. The third kappa shape index (κ3) is 4.57. The van der Waals surface area contributed by atoms with Crippen LogP contribution in [-0.4, -0.2) is 42.3 Å². The van der Waals surface area contributed by atoms with Crippen LogP contribution in [0.5, 0.6) is 5.75 Å². The van der Waals surface area contributed by atoms with Crippen LogP contribution in [-0.2, 0) is 20.0 Å². The molecule has 0 saturated heterocycles. The second-order valence-corrected chi connectivity index (χ2v) is 10.9. The lowest BCUT2D eigenvalue weighted by molar-refractivity contribution is 0.400. The summed E-state index contributed by atoms with van der Waals surface area (Å²) >= 11 is 9.19. The summed E-state index contributed by atoms with van der Waals surface area (Å²) in [6.07, 6.45) is 0. The fraction of sp³-hybridized carbons (Fsp3) is 0.250. The molecule has 27 heavy (non-hydrogen) atoms. The normalized spacial score (nSPS) is 12.3. The molecule has 148 valence electrons. The first-order valence-corrected chi connectivity index (χ1v) is 11.6. The highest BCUT2D eigenvalue weighted by Gasteiger charge is 2.25. The number of nitrogens with zero attached hydrogens (tertiary/aromatic N) is 1. The van der Waals surface area contributed by atoms with Crippen molar-refractivity contribution in [1.82, 2.24) is 4.31 Å². The Morgan fingerprint density at radius 1 is 1.11 bits per heavy atom. The van der Waals surface area contributed by atoms with Crippen molar-refractivity contribution in [2.45, 2.75) is 16.7 Å². The Balaban J connectivity index is 2.57. The molecule has 0 spiro atoms. The molecule has 0 bridgehead atoms. The number of anilines is 1. The molecule has 7 nitrogen and oxygen atoms in total. The molecule has 0 aliphatic heterocycles. The van der Waals surface area contributed by atoms with Crippen LogP contribution in [0.4, 0.5) is 5.69 Å². The second-order valence-electron chi connectivity index (χ2n) is 5.79. The molecule has 0 saturated carbocycles. The van der Waals surface area contributed by atoms with Crippen molar-refractivity contribution in [3.63, 3.8) is 0 Å². The van der Waals surface area contributed by atoms with Gasteiger partial charge in [0.15, 0.2) is 5.75 Å². The van der Waals surface area contributed by atoms with E-state index in [0.717, 1.165) is 4.31 Å². The minimum Gasteiger partial charge on any atom is -0.494 e. The zero-order valence-corrected chi connectivity index (χ0v) is 18.9.